The van der Waals surface area contributed by atoms with E-state index in [1.54, 1.807) is 11.1 Å². The number of carbonyl (C=O) groups excluding carboxylic acids is 2. The molecule has 6 nitrogen and oxygen atoms in total. The number of hydrogen-bond donors (Lipinski definition) is 1. The lowest BCUT2D eigenvalue weighted by Gasteiger charge is -2.33. The van der Waals surface area contributed by atoms with Crippen LogP contribution in [-0.4, -0.2) is 23.0 Å². The molecule has 198 valence electrons. The Morgan fingerprint density at radius 3 is 1.89 bits per heavy atom. The second-order valence-electron chi connectivity index (χ2n) is 12.4. The van der Waals surface area contributed by atoms with Gasteiger partial charge in [0, 0.05) is 0 Å². The molecule has 3 aromatic rings. The number of fused-ring (bicyclic) bond motifs is 1. The number of para-hydroxylation sites is 2. The topological polar surface area (TPSA) is 70.1 Å². The normalized spacial score (nSPS) is 21.8. The standard InChI is InChI=1S/C32H36N2O4/c1-19-13-11-12-16-24(19)33-29(36)25-26(34(38-28(25)30(33)37)21-14-9-8-10-15-21)20-17-22(31(2,3)4)27(35)23(18-20)32(5,6)7/h8-18,25-26,28,35H,1-7H3/t25-,26-,28-/m1/s1. The van der Waals surface area contributed by atoms with Gasteiger partial charge in [0.2, 0.25) is 5.91 Å². The monoisotopic (exact) mass is 512 g/mol. The molecule has 3 aromatic carbocycles. The first-order valence-corrected chi connectivity index (χ1v) is 13.1. The van der Waals surface area contributed by atoms with Crippen LogP contribution in [0.3, 0.4) is 0 Å². The van der Waals surface area contributed by atoms with Gasteiger partial charge in [-0.2, -0.15) is 0 Å². The molecule has 0 unspecified atom stereocenters. The molecular formula is C32H36N2O4. The molecule has 2 aliphatic rings. The zero-order chi connectivity index (χ0) is 27.6. The smallest absolute Gasteiger partial charge is 0.266 e. The van der Waals surface area contributed by atoms with Crippen molar-refractivity contribution in [2.75, 3.05) is 9.96 Å². The maximum absolute atomic E-state index is 14.1. The maximum Gasteiger partial charge on any atom is 0.266 e. The minimum atomic E-state index is -0.947. The molecule has 38 heavy (non-hydrogen) atoms. The summed E-state index contributed by atoms with van der Waals surface area (Å²) in [5.74, 6) is -1.11. The molecule has 6 heteroatoms. The number of amides is 2. The van der Waals surface area contributed by atoms with Gasteiger partial charge in [-0.15, -0.1) is 0 Å². The van der Waals surface area contributed by atoms with Gasteiger partial charge in [-0.05, 0) is 70.3 Å². The van der Waals surface area contributed by atoms with Gasteiger partial charge in [-0.1, -0.05) is 77.9 Å². The van der Waals surface area contributed by atoms with Crippen molar-refractivity contribution in [3.8, 4) is 5.75 Å². The number of hydroxylamine groups is 1. The Morgan fingerprint density at radius 1 is 0.789 bits per heavy atom. The largest absolute Gasteiger partial charge is 0.507 e. The van der Waals surface area contributed by atoms with E-state index in [0.717, 1.165) is 27.9 Å². The molecule has 2 saturated heterocycles. The van der Waals surface area contributed by atoms with Gasteiger partial charge in [-0.25, -0.2) is 9.96 Å². The molecule has 5 rings (SSSR count). The quantitative estimate of drug-likeness (QED) is 0.414. The van der Waals surface area contributed by atoms with Crippen molar-refractivity contribution in [3.63, 3.8) is 0 Å². The van der Waals surface area contributed by atoms with Crippen molar-refractivity contribution >= 4 is 23.2 Å². The number of anilines is 2. The van der Waals surface area contributed by atoms with Crippen molar-refractivity contribution in [1.82, 2.24) is 0 Å². The molecular weight excluding hydrogens is 476 g/mol. The van der Waals surface area contributed by atoms with E-state index in [-0.39, 0.29) is 28.4 Å². The van der Waals surface area contributed by atoms with E-state index in [1.807, 2.05) is 67.6 Å². The molecule has 2 heterocycles. The third kappa shape index (κ3) is 4.17. The number of phenolic OH excluding ortho intramolecular Hbond substituents is 1. The Hall–Kier alpha value is -3.64. The lowest BCUT2D eigenvalue weighted by Crippen LogP contribution is -2.38. The molecule has 2 amide bonds. The Balaban J connectivity index is 1.71. The van der Waals surface area contributed by atoms with Crippen LogP contribution in [0.1, 0.15) is 69.8 Å². The predicted octanol–water partition coefficient (Wildman–Crippen LogP) is 6.35. The van der Waals surface area contributed by atoms with Crippen LogP contribution in [0.15, 0.2) is 66.7 Å². The summed E-state index contributed by atoms with van der Waals surface area (Å²) in [7, 11) is 0. The Bertz CT molecular complexity index is 1370. The van der Waals surface area contributed by atoms with Crippen LogP contribution in [0.25, 0.3) is 0 Å². The first-order chi connectivity index (χ1) is 17.8. The number of carbonyl (C=O) groups is 2. The summed E-state index contributed by atoms with van der Waals surface area (Å²) in [5.41, 5.74) is 3.92. The SMILES string of the molecule is Cc1ccccc1N1C(=O)[C@@H]2[C@@H](c3cc(C(C)(C)C)c(O)c(C(C)(C)C)c3)N(c3ccccc3)O[C@H]2C1=O. The van der Waals surface area contributed by atoms with E-state index < -0.39 is 18.1 Å². The van der Waals surface area contributed by atoms with Crippen LogP contribution in [0.5, 0.6) is 5.75 Å². The summed E-state index contributed by atoms with van der Waals surface area (Å²) in [6.07, 6.45) is -0.947. The van der Waals surface area contributed by atoms with Gasteiger partial charge in [0.05, 0.1) is 17.4 Å². The number of aromatic hydroxyl groups is 1. The molecule has 0 spiro atoms. The second-order valence-corrected chi connectivity index (χ2v) is 12.4. The van der Waals surface area contributed by atoms with E-state index in [1.165, 1.54) is 4.90 Å². The summed E-state index contributed by atoms with van der Waals surface area (Å²) in [5, 5.41) is 13.1. The number of imide groups is 1. The van der Waals surface area contributed by atoms with E-state index in [4.69, 9.17) is 4.84 Å². The molecule has 2 aliphatic heterocycles. The van der Waals surface area contributed by atoms with Gasteiger partial charge in [-0.3, -0.25) is 14.4 Å². The third-order valence-corrected chi connectivity index (χ3v) is 7.57. The number of hydrogen-bond acceptors (Lipinski definition) is 5. The number of nitrogens with zero attached hydrogens (tertiary/aromatic N) is 2. The van der Waals surface area contributed by atoms with Gasteiger partial charge >= 0.3 is 0 Å². The van der Waals surface area contributed by atoms with E-state index in [9.17, 15) is 14.7 Å². The number of rotatable bonds is 3. The predicted molar refractivity (Wildman–Crippen MR) is 149 cm³/mol. The fourth-order valence-corrected chi connectivity index (χ4v) is 5.57. The summed E-state index contributed by atoms with van der Waals surface area (Å²) in [4.78, 5) is 35.5. The highest BCUT2D eigenvalue weighted by Crippen LogP contribution is 2.50. The molecule has 2 fully saturated rings. The van der Waals surface area contributed by atoms with Crippen LogP contribution in [-0.2, 0) is 25.3 Å². The van der Waals surface area contributed by atoms with Gasteiger partial charge in [0.1, 0.15) is 11.7 Å². The van der Waals surface area contributed by atoms with E-state index >= 15 is 0 Å². The zero-order valence-corrected chi connectivity index (χ0v) is 23.1. The van der Waals surface area contributed by atoms with Gasteiger partial charge < -0.3 is 5.11 Å². The number of benzene rings is 3. The highest BCUT2D eigenvalue weighted by molar-refractivity contribution is 6.24. The summed E-state index contributed by atoms with van der Waals surface area (Å²) in [6.45, 7) is 14.3. The Kier molecular flexibility index (Phi) is 6.14. The van der Waals surface area contributed by atoms with Gasteiger partial charge in [0.25, 0.3) is 5.91 Å². The van der Waals surface area contributed by atoms with Crippen LogP contribution in [0.4, 0.5) is 11.4 Å². The van der Waals surface area contributed by atoms with Crippen molar-refractivity contribution < 1.29 is 19.5 Å². The maximum atomic E-state index is 14.1. The molecule has 0 saturated carbocycles. The zero-order valence-electron chi connectivity index (χ0n) is 23.1. The van der Waals surface area contributed by atoms with Crippen LogP contribution in [0.2, 0.25) is 0 Å². The minimum absolute atomic E-state index is 0.269. The van der Waals surface area contributed by atoms with E-state index in [2.05, 4.69) is 41.5 Å². The lowest BCUT2D eigenvalue weighted by atomic mass is 9.76. The molecule has 0 bridgehead atoms. The highest BCUT2D eigenvalue weighted by atomic mass is 16.7. The summed E-state index contributed by atoms with van der Waals surface area (Å²) < 4.78 is 0. The fourth-order valence-electron chi connectivity index (χ4n) is 5.57. The second kappa shape index (κ2) is 8.98. The molecule has 0 radical (unpaired) electrons. The summed E-state index contributed by atoms with van der Waals surface area (Å²) in [6, 6.07) is 20.4. The third-order valence-electron chi connectivity index (χ3n) is 7.57. The van der Waals surface area contributed by atoms with Crippen LogP contribution >= 0.6 is 0 Å². The fraction of sp³-hybridized carbons (Fsp3) is 0.375. The molecule has 1 N–H and O–H groups in total. The first-order valence-electron chi connectivity index (χ1n) is 13.1. The van der Waals surface area contributed by atoms with Crippen LogP contribution < -0.4 is 9.96 Å². The van der Waals surface area contributed by atoms with Gasteiger partial charge in [0.15, 0.2) is 6.10 Å². The van der Waals surface area contributed by atoms with E-state index in [0.29, 0.717) is 5.69 Å². The Labute approximate surface area is 224 Å². The van der Waals surface area contributed by atoms with Crippen molar-refractivity contribution in [2.45, 2.75) is 71.4 Å². The summed E-state index contributed by atoms with van der Waals surface area (Å²) >= 11 is 0. The lowest BCUT2D eigenvalue weighted by molar-refractivity contribution is -0.126. The first kappa shape index (κ1) is 26.0. The molecule has 0 aliphatic carbocycles. The average molecular weight is 513 g/mol. The number of aryl methyl sites for hydroxylation is 1. The van der Waals surface area contributed by atoms with Crippen molar-refractivity contribution in [1.29, 1.82) is 0 Å². The Morgan fingerprint density at radius 2 is 1.34 bits per heavy atom. The van der Waals surface area contributed by atoms with Crippen molar-refractivity contribution in [3.05, 3.63) is 89.0 Å². The molecule has 0 aromatic heterocycles. The molecule has 3 atom stereocenters. The highest BCUT2D eigenvalue weighted by Gasteiger charge is 2.60. The average Bonchev–Trinajstić information content (AvgIpc) is 3.35. The number of phenols is 1. The van der Waals surface area contributed by atoms with Crippen LogP contribution in [0, 0.1) is 12.8 Å². The minimum Gasteiger partial charge on any atom is -0.507 e. The van der Waals surface area contributed by atoms with Crippen molar-refractivity contribution in [2.24, 2.45) is 5.92 Å².